The molecule has 1 unspecified atom stereocenters. The Morgan fingerprint density at radius 3 is 2.88 bits per heavy atom. The fraction of sp³-hybridized carbons (Fsp3) is 0.350. The van der Waals surface area contributed by atoms with Gasteiger partial charge in [0.15, 0.2) is 5.82 Å². The van der Waals surface area contributed by atoms with E-state index in [1.54, 1.807) is 18.3 Å². The molecule has 1 amide bonds. The maximum atomic E-state index is 13.2. The highest BCUT2D eigenvalue weighted by molar-refractivity contribution is 7.13. The molecule has 2 aromatic heterocycles. The number of likely N-dealkylation sites (tertiary alicyclic amines) is 1. The second-order valence-electron chi connectivity index (χ2n) is 6.70. The van der Waals surface area contributed by atoms with E-state index in [-0.39, 0.29) is 11.9 Å². The Morgan fingerprint density at radius 1 is 1.27 bits per heavy atom. The van der Waals surface area contributed by atoms with Crippen LogP contribution in [0, 0.1) is 13.8 Å². The maximum absolute atomic E-state index is 13.2. The molecule has 0 N–H and O–H groups in total. The summed E-state index contributed by atoms with van der Waals surface area (Å²) < 4.78 is 5.37. The number of hydrogen-bond donors (Lipinski definition) is 0. The van der Waals surface area contributed by atoms with Crippen LogP contribution in [0.2, 0.25) is 0 Å². The van der Waals surface area contributed by atoms with Gasteiger partial charge >= 0.3 is 0 Å². The fourth-order valence-corrected chi connectivity index (χ4v) is 4.43. The van der Waals surface area contributed by atoms with Crippen LogP contribution in [0.25, 0.3) is 10.4 Å². The quantitative estimate of drug-likeness (QED) is 0.668. The van der Waals surface area contributed by atoms with Crippen LogP contribution in [0.15, 0.2) is 40.2 Å². The Balaban J connectivity index is 1.64. The Hall–Kier alpha value is -2.47. The first-order valence-corrected chi connectivity index (χ1v) is 9.77. The molecule has 1 aromatic carbocycles. The topological polar surface area (TPSA) is 59.2 Å². The highest BCUT2D eigenvalue weighted by Gasteiger charge is 2.32. The predicted molar refractivity (Wildman–Crippen MR) is 101 cm³/mol. The molecule has 5 nitrogen and oxygen atoms in total. The molecule has 1 saturated heterocycles. The van der Waals surface area contributed by atoms with Crippen molar-refractivity contribution in [2.75, 3.05) is 6.54 Å². The Bertz CT molecular complexity index is 931. The number of nitrogens with zero attached hydrogens (tertiary/aromatic N) is 3. The minimum atomic E-state index is -0.135. The number of piperidine rings is 1. The van der Waals surface area contributed by atoms with Crippen LogP contribution < -0.4 is 0 Å². The summed E-state index contributed by atoms with van der Waals surface area (Å²) in [7, 11) is 0. The van der Waals surface area contributed by atoms with E-state index in [4.69, 9.17) is 4.52 Å². The molecule has 1 atom stereocenters. The number of carbonyl (C=O) groups excluding carboxylic acids is 1. The predicted octanol–water partition coefficient (Wildman–Crippen LogP) is 4.78. The minimum absolute atomic E-state index is 0.0293. The van der Waals surface area contributed by atoms with Crippen LogP contribution in [0.1, 0.15) is 52.9 Å². The number of benzene rings is 1. The third-order valence-electron chi connectivity index (χ3n) is 4.83. The van der Waals surface area contributed by atoms with Crippen LogP contribution in [-0.4, -0.2) is 27.5 Å². The van der Waals surface area contributed by atoms with Crippen molar-refractivity contribution in [3.8, 4) is 10.4 Å². The number of aromatic nitrogens is 2. The summed E-state index contributed by atoms with van der Waals surface area (Å²) >= 11 is 1.70. The van der Waals surface area contributed by atoms with Gasteiger partial charge < -0.3 is 9.42 Å². The average molecular weight is 367 g/mol. The van der Waals surface area contributed by atoms with E-state index < -0.39 is 0 Å². The van der Waals surface area contributed by atoms with Gasteiger partial charge in [-0.15, -0.1) is 11.3 Å². The summed E-state index contributed by atoms with van der Waals surface area (Å²) in [6.45, 7) is 4.61. The lowest BCUT2D eigenvalue weighted by Crippen LogP contribution is -2.38. The zero-order chi connectivity index (χ0) is 18.1. The molecular formula is C20H21N3O2S. The summed E-state index contributed by atoms with van der Waals surface area (Å²) in [4.78, 5) is 20.7. The second kappa shape index (κ2) is 7.03. The van der Waals surface area contributed by atoms with Crippen LogP contribution in [0.4, 0.5) is 0 Å². The van der Waals surface area contributed by atoms with Crippen molar-refractivity contribution in [1.82, 2.24) is 15.0 Å². The van der Waals surface area contributed by atoms with Crippen molar-refractivity contribution in [1.29, 1.82) is 0 Å². The van der Waals surface area contributed by atoms with E-state index in [0.717, 1.165) is 24.8 Å². The minimum Gasteiger partial charge on any atom is -0.337 e. The van der Waals surface area contributed by atoms with Gasteiger partial charge in [-0.2, -0.15) is 4.98 Å². The van der Waals surface area contributed by atoms with Crippen molar-refractivity contribution < 1.29 is 9.32 Å². The smallest absolute Gasteiger partial charge is 0.254 e. The summed E-state index contributed by atoms with van der Waals surface area (Å²) in [5, 5.41) is 5.97. The molecule has 4 rings (SSSR count). The van der Waals surface area contributed by atoms with Gasteiger partial charge in [-0.25, -0.2) is 0 Å². The van der Waals surface area contributed by atoms with Gasteiger partial charge in [0.2, 0.25) is 5.89 Å². The zero-order valence-corrected chi connectivity index (χ0v) is 15.8. The Morgan fingerprint density at radius 2 is 2.15 bits per heavy atom. The lowest BCUT2D eigenvalue weighted by atomic mass is 9.99. The molecule has 0 spiro atoms. The average Bonchev–Trinajstić information content (AvgIpc) is 3.29. The molecule has 0 aliphatic carbocycles. The summed E-state index contributed by atoms with van der Waals surface area (Å²) in [6.07, 6.45) is 2.92. The third-order valence-corrected chi connectivity index (χ3v) is 5.89. The van der Waals surface area contributed by atoms with Crippen LogP contribution in [0.5, 0.6) is 0 Å². The standard InChI is InChI=1S/C20H21N3O2S/c1-13-9-11-26-18(13)15-6-5-7-16(12-15)20(24)23-10-4-3-8-17(23)19-21-14(2)22-25-19/h5-7,9,11-12,17H,3-4,8,10H2,1-2H3. The molecule has 1 fully saturated rings. The largest absolute Gasteiger partial charge is 0.337 e. The molecule has 6 heteroatoms. The number of rotatable bonds is 3. The molecule has 0 bridgehead atoms. The first-order chi connectivity index (χ1) is 12.6. The molecule has 0 radical (unpaired) electrons. The number of thiophene rings is 1. The zero-order valence-electron chi connectivity index (χ0n) is 14.9. The van der Waals surface area contributed by atoms with Crippen LogP contribution >= 0.6 is 11.3 Å². The van der Waals surface area contributed by atoms with Gasteiger partial charge in [0.25, 0.3) is 5.91 Å². The summed E-state index contributed by atoms with van der Waals surface area (Å²) in [5.74, 6) is 1.18. The third kappa shape index (κ3) is 3.17. The molecule has 134 valence electrons. The summed E-state index contributed by atoms with van der Waals surface area (Å²) in [6, 6.07) is 9.87. The van der Waals surface area contributed by atoms with E-state index in [0.29, 0.717) is 23.8 Å². The van der Waals surface area contributed by atoms with Gasteiger partial charge in [-0.05, 0) is 67.8 Å². The van der Waals surface area contributed by atoms with E-state index >= 15 is 0 Å². The fourth-order valence-electron chi connectivity index (χ4n) is 3.51. The molecular weight excluding hydrogens is 346 g/mol. The molecule has 3 aromatic rings. The number of carbonyl (C=O) groups is 1. The number of aryl methyl sites for hydroxylation is 2. The summed E-state index contributed by atoms with van der Waals surface area (Å²) in [5.41, 5.74) is 3.03. The molecule has 0 saturated carbocycles. The van der Waals surface area contributed by atoms with E-state index in [2.05, 4.69) is 34.6 Å². The first-order valence-electron chi connectivity index (χ1n) is 8.89. The molecule has 1 aliphatic rings. The lowest BCUT2D eigenvalue weighted by molar-refractivity contribution is 0.0561. The number of amides is 1. The number of hydrogen-bond acceptors (Lipinski definition) is 5. The molecule has 26 heavy (non-hydrogen) atoms. The van der Waals surface area contributed by atoms with Crippen molar-refractivity contribution in [2.24, 2.45) is 0 Å². The van der Waals surface area contributed by atoms with Crippen LogP contribution in [-0.2, 0) is 0 Å². The van der Waals surface area contributed by atoms with E-state index in [9.17, 15) is 4.79 Å². The van der Waals surface area contributed by atoms with Crippen molar-refractivity contribution in [3.63, 3.8) is 0 Å². The Labute approximate surface area is 156 Å². The SMILES string of the molecule is Cc1noc(C2CCCCN2C(=O)c2cccc(-c3sccc3C)c2)n1. The second-order valence-corrected chi connectivity index (χ2v) is 7.62. The van der Waals surface area contributed by atoms with Crippen molar-refractivity contribution in [3.05, 3.63) is 58.6 Å². The van der Waals surface area contributed by atoms with Gasteiger partial charge in [-0.3, -0.25) is 4.79 Å². The first kappa shape index (κ1) is 17.0. The van der Waals surface area contributed by atoms with Gasteiger partial charge in [0, 0.05) is 17.0 Å². The highest BCUT2D eigenvalue weighted by atomic mass is 32.1. The van der Waals surface area contributed by atoms with E-state index in [1.165, 1.54) is 10.4 Å². The highest BCUT2D eigenvalue weighted by Crippen LogP contribution is 2.33. The molecule has 3 heterocycles. The molecule has 1 aliphatic heterocycles. The lowest BCUT2D eigenvalue weighted by Gasteiger charge is -2.33. The van der Waals surface area contributed by atoms with Crippen molar-refractivity contribution >= 4 is 17.2 Å². The van der Waals surface area contributed by atoms with Gasteiger partial charge in [0.1, 0.15) is 6.04 Å². The monoisotopic (exact) mass is 367 g/mol. The van der Waals surface area contributed by atoms with Gasteiger partial charge in [0.05, 0.1) is 0 Å². The van der Waals surface area contributed by atoms with Crippen LogP contribution in [0.3, 0.4) is 0 Å². The van der Waals surface area contributed by atoms with Crippen molar-refractivity contribution in [2.45, 2.75) is 39.2 Å². The Kier molecular flexibility index (Phi) is 4.59. The normalized spacial score (nSPS) is 17.5. The maximum Gasteiger partial charge on any atom is 0.254 e. The van der Waals surface area contributed by atoms with E-state index in [1.807, 2.05) is 23.1 Å². The van der Waals surface area contributed by atoms with Gasteiger partial charge in [-0.1, -0.05) is 17.3 Å².